The lowest BCUT2D eigenvalue weighted by Crippen LogP contribution is -2.49. The highest BCUT2D eigenvalue weighted by molar-refractivity contribution is 5.83. The maximum atomic E-state index is 13.3. The summed E-state index contributed by atoms with van der Waals surface area (Å²) in [7, 11) is 1.52. The van der Waals surface area contributed by atoms with E-state index in [-0.39, 0.29) is 5.69 Å². The summed E-state index contributed by atoms with van der Waals surface area (Å²) in [5.74, 6) is 0.410. The summed E-state index contributed by atoms with van der Waals surface area (Å²) in [6, 6.07) is 11.3. The molecule has 2 N–H and O–H groups in total. The van der Waals surface area contributed by atoms with Crippen LogP contribution < -0.4 is 31.5 Å². The number of alkyl halides is 3. The van der Waals surface area contributed by atoms with Crippen molar-refractivity contribution in [3.05, 3.63) is 105 Å². The van der Waals surface area contributed by atoms with Crippen molar-refractivity contribution in [2.75, 3.05) is 7.11 Å². The van der Waals surface area contributed by atoms with Crippen LogP contribution in [0.3, 0.4) is 0 Å². The highest BCUT2D eigenvalue weighted by atomic mass is 19.4. The standard InChI is InChI=1S/C24H17F3N4O2/c1-33-23-17(6-3-11-28-23)18-8-9-19-21(30-18)22-14(13-29-19)7-10-20(32)31(22)16-5-2-4-15(12-16)24(25,26)27/h2-13,29-30H,1H3. The van der Waals surface area contributed by atoms with Crippen LogP contribution in [0.25, 0.3) is 23.3 Å². The van der Waals surface area contributed by atoms with Gasteiger partial charge in [-0.25, -0.2) is 4.98 Å². The summed E-state index contributed by atoms with van der Waals surface area (Å²) in [4.78, 5) is 17.1. The summed E-state index contributed by atoms with van der Waals surface area (Å²) in [5, 5.41) is 7.56. The number of dihydropyridines is 1. The van der Waals surface area contributed by atoms with Crippen molar-refractivity contribution in [1.29, 1.82) is 0 Å². The molecular weight excluding hydrogens is 433 g/mol. The van der Waals surface area contributed by atoms with Crippen molar-refractivity contribution in [3.63, 3.8) is 0 Å². The Morgan fingerprint density at radius 2 is 1.85 bits per heavy atom. The first-order valence-electron chi connectivity index (χ1n) is 9.96. The van der Waals surface area contributed by atoms with Crippen LogP contribution >= 0.6 is 0 Å². The molecule has 0 aliphatic carbocycles. The number of fused-ring (bicyclic) bond motifs is 2. The minimum absolute atomic E-state index is 0.116. The predicted molar refractivity (Wildman–Crippen MR) is 117 cm³/mol. The predicted octanol–water partition coefficient (Wildman–Crippen LogP) is 2.24. The fourth-order valence-electron chi connectivity index (χ4n) is 3.88. The second-order valence-electron chi connectivity index (χ2n) is 7.37. The highest BCUT2D eigenvalue weighted by Gasteiger charge is 2.31. The Balaban J connectivity index is 1.76. The van der Waals surface area contributed by atoms with Gasteiger partial charge in [0.1, 0.15) is 0 Å². The monoisotopic (exact) mass is 450 g/mol. The van der Waals surface area contributed by atoms with Gasteiger partial charge in [0, 0.05) is 29.4 Å². The smallest absolute Gasteiger partial charge is 0.416 e. The van der Waals surface area contributed by atoms with E-state index < -0.39 is 17.3 Å². The van der Waals surface area contributed by atoms with E-state index in [1.807, 2.05) is 18.2 Å². The Morgan fingerprint density at radius 1 is 1.03 bits per heavy atom. The van der Waals surface area contributed by atoms with Gasteiger partial charge in [-0.05, 0) is 48.6 Å². The maximum absolute atomic E-state index is 13.3. The van der Waals surface area contributed by atoms with Crippen molar-refractivity contribution in [3.8, 4) is 11.6 Å². The molecule has 0 amide bonds. The molecule has 1 aromatic carbocycles. The largest absolute Gasteiger partial charge is 0.481 e. The van der Waals surface area contributed by atoms with Crippen LogP contribution in [-0.2, 0) is 6.18 Å². The van der Waals surface area contributed by atoms with E-state index in [0.717, 1.165) is 12.1 Å². The molecule has 166 valence electrons. The fourth-order valence-corrected chi connectivity index (χ4v) is 3.88. The van der Waals surface area contributed by atoms with Gasteiger partial charge < -0.3 is 15.4 Å². The molecule has 3 aromatic rings. The van der Waals surface area contributed by atoms with Crippen LogP contribution in [0.4, 0.5) is 13.2 Å². The molecule has 5 rings (SSSR count). The molecule has 33 heavy (non-hydrogen) atoms. The van der Waals surface area contributed by atoms with Gasteiger partial charge in [-0.2, -0.15) is 13.2 Å². The second-order valence-corrected chi connectivity index (χ2v) is 7.37. The van der Waals surface area contributed by atoms with Crippen molar-refractivity contribution >= 4 is 17.6 Å². The third-order valence-electron chi connectivity index (χ3n) is 5.37. The van der Waals surface area contributed by atoms with Gasteiger partial charge in [-0.15, -0.1) is 0 Å². The molecule has 4 heterocycles. The lowest BCUT2D eigenvalue weighted by atomic mass is 10.1. The summed E-state index contributed by atoms with van der Waals surface area (Å²) in [6.45, 7) is 0. The lowest BCUT2D eigenvalue weighted by molar-refractivity contribution is -0.137. The van der Waals surface area contributed by atoms with Gasteiger partial charge in [-0.1, -0.05) is 6.07 Å². The summed E-state index contributed by atoms with van der Waals surface area (Å²) in [5.41, 5.74) is 1.41. The van der Waals surface area contributed by atoms with Gasteiger partial charge in [-0.3, -0.25) is 9.36 Å². The molecule has 2 aliphatic heterocycles. The van der Waals surface area contributed by atoms with E-state index >= 15 is 0 Å². The zero-order valence-corrected chi connectivity index (χ0v) is 17.3. The molecule has 0 saturated carbocycles. The highest BCUT2D eigenvalue weighted by Crippen LogP contribution is 2.30. The van der Waals surface area contributed by atoms with Crippen LogP contribution in [0, 0.1) is 0 Å². The number of hydrogen-bond donors (Lipinski definition) is 2. The first kappa shape index (κ1) is 20.6. The van der Waals surface area contributed by atoms with Crippen LogP contribution in [0.15, 0.2) is 77.4 Å². The number of halogens is 3. The number of aromatic nitrogens is 2. The Hall–Kier alpha value is -4.27. The van der Waals surface area contributed by atoms with E-state index in [1.165, 1.54) is 29.9 Å². The van der Waals surface area contributed by atoms with Crippen molar-refractivity contribution < 1.29 is 17.9 Å². The quantitative estimate of drug-likeness (QED) is 0.641. The molecule has 9 heteroatoms. The zero-order valence-electron chi connectivity index (χ0n) is 17.3. The molecule has 0 spiro atoms. The molecule has 0 bridgehead atoms. The van der Waals surface area contributed by atoms with Crippen molar-refractivity contribution in [1.82, 2.24) is 20.2 Å². The normalized spacial score (nSPS) is 14.6. The molecule has 0 atom stereocenters. The van der Waals surface area contributed by atoms with E-state index in [4.69, 9.17) is 4.74 Å². The molecule has 6 nitrogen and oxygen atoms in total. The Morgan fingerprint density at radius 3 is 2.64 bits per heavy atom. The number of rotatable bonds is 3. The third-order valence-corrected chi connectivity index (χ3v) is 5.37. The molecule has 2 aromatic heterocycles. The Labute approximate surface area is 185 Å². The van der Waals surface area contributed by atoms with Gasteiger partial charge in [0.25, 0.3) is 5.56 Å². The number of ether oxygens (including phenoxy) is 1. The minimum atomic E-state index is -4.53. The van der Waals surface area contributed by atoms with E-state index in [9.17, 15) is 18.0 Å². The van der Waals surface area contributed by atoms with Crippen LogP contribution in [0.5, 0.6) is 5.88 Å². The molecule has 0 unspecified atom stereocenters. The number of hydrogen-bond acceptors (Lipinski definition) is 5. The van der Waals surface area contributed by atoms with Crippen LogP contribution in [-0.4, -0.2) is 16.7 Å². The summed E-state index contributed by atoms with van der Waals surface area (Å²) >= 11 is 0. The average Bonchev–Trinajstić information content (AvgIpc) is 2.83. The average molecular weight is 450 g/mol. The topological polar surface area (TPSA) is 68.2 Å². The number of methoxy groups -OCH3 is 1. The molecule has 0 fully saturated rings. The number of nitrogens with one attached hydrogen (secondary N) is 2. The number of allylic oxidation sites excluding steroid dienone is 2. The van der Waals surface area contributed by atoms with E-state index in [1.54, 1.807) is 24.5 Å². The van der Waals surface area contributed by atoms with Gasteiger partial charge in [0.05, 0.1) is 40.7 Å². The maximum Gasteiger partial charge on any atom is 0.416 e. The Bertz CT molecular complexity index is 1520. The SMILES string of the molecule is COc1ncccc1C1=CC=C2NC=c3ccc(=O)n(-c4cccc(C(F)(F)F)c4)c3=C2N1. The Kier molecular flexibility index (Phi) is 4.81. The number of pyridine rings is 2. The van der Waals surface area contributed by atoms with Gasteiger partial charge in [0.2, 0.25) is 5.88 Å². The third kappa shape index (κ3) is 3.57. The minimum Gasteiger partial charge on any atom is -0.481 e. The fraction of sp³-hybridized carbons (Fsp3) is 0.0833. The van der Waals surface area contributed by atoms with E-state index in [0.29, 0.717) is 39.1 Å². The lowest BCUT2D eigenvalue weighted by Gasteiger charge is -2.25. The summed E-state index contributed by atoms with van der Waals surface area (Å²) in [6.07, 6.45) is 2.44. The zero-order chi connectivity index (χ0) is 23.2. The van der Waals surface area contributed by atoms with Crippen LogP contribution in [0.1, 0.15) is 11.1 Å². The molecule has 2 aliphatic rings. The van der Waals surface area contributed by atoms with Gasteiger partial charge in [0.15, 0.2) is 0 Å². The number of nitrogens with zero attached hydrogens (tertiary/aromatic N) is 2. The van der Waals surface area contributed by atoms with Crippen molar-refractivity contribution in [2.45, 2.75) is 6.18 Å². The van der Waals surface area contributed by atoms with E-state index in [2.05, 4.69) is 15.6 Å². The molecule has 0 radical (unpaired) electrons. The second kappa shape index (κ2) is 7.70. The number of benzene rings is 1. The summed E-state index contributed by atoms with van der Waals surface area (Å²) < 4.78 is 46.7. The first-order valence-corrected chi connectivity index (χ1v) is 9.96. The van der Waals surface area contributed by atoms with Crippen molar-refractivity contribution in [2.24, 2.45) is 0 Å². The molecular formula is C24H17F3N4O2. The molecule has 0 saturated heterocycles. The first-order chi connectivity index (χ1) is 15.9. The van der Waals surface area contributed by atoms with Gasteiger partial charge >= 0.3 is 6.18 Å². The van der Waals surface area contributed by atoms with Crippen LogP contribution in [0.2, 0.25) is 0 Å².